The van der Waals surface area contributed by atoms with Crippen LogP contribution in [0.25, 0.3) is 10.9 Å². The Balaban J connectivity index is 1.87. The highest BCUT2D eigenvalue weighted by molar-refractivity contribution is 7.89. The lowest BCUT2D eigenvalue weighted by Crippen LogP contribution is -2.39. The van der Waals surface area contributed by atoms with E-state index in [4.69, 9.17) is 0 Å². The fourth-order valence-corrected chi connectivity index (χ4v) is 5.42. The van der Waals surface area contributed by atoms with E-state index in [0.29, 0.717) is 18.5 Å². The molecule has 28 heavy (non-hydrogen) atoms. The first-order chi connectivity index (χ1) is 13.3. The van der Waals surface area contributed by atoms with Gasteiger partial charge in [-0.05, 0) is 63.1 Å². The van der Waals surface area contributed by atoms with Gasteiger partial charge in [-0.2, -0.15) is 4.31 Å². The largest absolute Gasteiger partial charge is 0.356 e. The Labute approximate surface area is 164 Å². The summed E-state index contributed by atoms with van der Waals surface area (Å²) >= 11 is 0. The lowest BCUT2D eigenvalue weighted by molar-refractivity contribution is 0.347. The van der Waals surface area contributed by atoms with Crippen LogP contribution in [-0.4, -0.2) is 24.3 Å². The summed E-state index contributed by atoms with van der Waals surface area (Å²) in [5, 5.41) is 0.955. The van der Waals surface area contributed by atoms with Gasteiger partial charge in [0.05, 0.1) is 10.9 Å². The molecule has 0 saturated heterocycles. The monoisotopic (exact) mass is 398 g/mol. The summed E-state index contributed by atoms with van der Waals surface area (Å²) in [6.45, 7) is 6.21. The van der Waals surface area contributed by atoms with Gasteiger partial charge >= 0.3 is 0 Å². The lowest BCUT2D eigenvalue weighted by atomic mass is 9.98. The molecule has 1 unspecified atom stereocenters. The highest BCUT2D eigenvalue weighted by Crippen LogP contribution is 2.38. The molecule has 4 nitrogen and oxygen atoms in total. The molecule has 6 heteroatoms. The van der Waals surface area contributed by atoms with Crippen molar-refractivity contribution in [3.8, 4) is 0 Å². The maximum absolute atomic E-state index is 13.7. The molecule has 0 fully saturated rings. The fraction of sp³-hybridized carbons (Fsp3) is 0.273. The average molecular weight is 399 g/mol. The molecule has 1 atom stereocenters. The standard InChI is InChI=1S/C22H23FN2O2S/c1-14(2)12-21-22-19(18-9-6-16(23)13-20(18)24-22)10-11-25(21)28(26,27)17-7-4-15(3)5-8-17/h4-9,12-13,21,24H,10-11H2,1-3H3. The number of aryl methyl sites for hydroxylation is 1. The van der Waals surface area contributed by atoms with Crippen LogP contribution < -0.4 is 0 Å². The van der Waals surface area contributed by atoms with Crippen LogP contribution >= 0.6 is 0 Å². The Morgan fingerprint density at radius 2 is 1.89 bits per heavy atom. The summed E-state index contributed by atoms with van der Waals surface area (Å²) < 4.78 is 42.0. The molecule has 4 rings (SSSR count). The minimum atomic E-state index is -3.67. The van der Waals surface area contributed by atoms with Gasteiger partial charge in [-0.25, -0.2) is 12.8 Å². The van der Waals surface area contributed by atoms with Gasteiger partial charge in [0, 0.05) is 23.1 Å². The van der Waals surface area contributed by atoms with Gasteiger partial charge in [0.15, 0.2) is 0 Å². The van der Waals surface area contributed by atoms with Crippen LogP contribution in [0, 0.1) is 12.7 Å². The van der Waals surface area contributed by atoms with Crippen LogP contribution in [0.4, 0.5) is 4.39 Å². The number of nitrogens with zero attached hydrogens (tertiary/aromatic N) is 1. The molecule has 0 spiro atoms. The number of halogens is 1. The molecule has 2 heterocycles. The van der Waals surface area contributed by atoms with E-state index >= 15 is 0 Å². The number of H-pyrrole nitrogens is 1. The second-order valence-electron chi connectivity index (χ2n) is 7.57. The van der Waals surface area contributed by atoms with Crippen LogP contribution in [-0.2, 0) is 16.4 Å². The number of allylic oxidation sites excluding steroid dienone is 1. The van der Waals surface area contributed by atoms with Crippen molar-refractivity contribution in [1.29, 1.82) is 0 Å². The third-order valence-corrected chi connectivity index (χ3v) is 7.10. The Bertz CT molecular complexity index is 1170. The Kier molecular flexibility index (Phi) is 4.63. The number of hydrogen-bond acceptors (Lipinski definition) is 2. The molecular formula is C22H23FN2O2S. The summed E-state index contributed by atoms with van der Waals surface area (Å²) in [5.41, 5.74) is 4.62. The molecule has 1 N–H and O–H groups in total. The lowest BCUT2D eigenvalue weighted by Gasteiger charge is -2.33. The van der Waals surface area contributed by atoms with E-state index in [2.05, 4.69) is 4.98 Å². The molecule has 1 aliphatic heterocycles. The van der Waals surface area contributed by atoms with Gasteiger partial charge < -0.3 is 4.98 Å². The van der Waals surface area contributed by atoms with E-state index in [1.807, 2.05) is 39.0 Å². The molecule has 3 aromatic rings. The second kappa shape index (κ2) is 6.87. The third kappa shape index (κ3) is 3.16. The minimum Gasteiger partial charge on any atom is -0.356 e. The zero-order valence-corrected chi connectivity index (χ0v) is 17.0. The number of aromatic nitrogens is 1. The second-order valence-corrected chi connectivity index (χ2v) is 9.47. The minimum absolute atomic E-state index is 0.288. The Morgan fingerprint density at radius 1 is 1.18 bits per heavy atom. The van der Waals surface area contributed by atoms with Gasteiger partial charge in [-0.1, -0.05) is 29.3 Å². The zero-order chi connectivity index (χ0) is 20.1. The first kappa shape index (κ1) is 18.9. The van der Waals surface area contributed by atoms with E-state index in [1.54, 1.807) is 22.5 Å². The predicted octanol–water partition coefficient (Wildman–Crippen LogP) is 4.87. The molecule has 0 saturated carbocycles. The van der Waals surface area contributed by atoms with Gasteiger partial charge in [0.1, 0.15) is 5.82 Å². The van der Waals surface area contributed by atoms with Crippen molar-refractivity contribution in [3.05, 3.63) is 76.8 Å². The van der Waals surface area contributed by atoms with Crippen LogP contribution in [0.15, 0.2) is 59.0 Å². The Morgan fingerprint density at radius 3 is 2.57 bits per heavy atom. The molecule has 1 aliphatic rings. The van der Waals surface area contributed by atoms with Crippen molar-refractivity contribution >= 4 is 20.9 Å². The molecule has 146 valence electrons. The van der Waals surface area contributed by atoms with Gasteiger partial charge in [0.25, 0.3) is 0 Å². The third-order valence-electron chi connectivity index (χ3n) is 5.21. The Hall–Kier alpha value is -2.44. The first-order valence-electron chi connectivity index (χ1n) is 9.31. The molecule has 0 aliphatic carbocycles. The van der Waals surface area contributed by atoms with Crippen molar-refractivity contribution in [1.82, 2.24) is 9.29 Å². The number of sulfonamides is 1. The van der Waals surface area contributed by atoms with Crippen LogP contribution in [0.5, 0.6) is 0 Å². The highest BCUT2D eigenvalue weighted by Gasteiger charge is 2.37. The fourth-order valence-electron chi connectivity index (χ4n) is 3.87. The topological polar surface area (TPSA) is 53.2 Å². The maximum Gasteiger partial charge on any atom is 0.243 e. The van der Waals surface area contributed by atoms with Gasteiger partial charge in [-0.15, -0.1) is 0 Å². The summed E-state index contributed by atoms with van der Waals surface area (Å²) in [4.78, 5) is 3.57. The number of aromatic amines is 1. The van der Waals surface area contributed by atoms with Crippen molar-refractivity contribution in [2.45, 2.75) is 38.1 Å². The van der Waals surface area contributed by atoms with Crippen molar-refractivity contribution in [3.63, 3.8) is 0 Å². The van der Waals surface area contributed by atoms with E-state index in [0.717, 1.165) is 27.8 Å². The highest BCUT2D eigenvalue weighted by atomic mass is 32.2. The zero-order valence-electron chi connectivity index (χ0n) is 16.2. The number of rotatable bonds is 3. The average Bonchev–Trinajstić information content (AvgIpc) is 3.00. The van der Waals surface area contributed by atoms with Crippen LogP contribution in [0.3, 0.4) is 0 Å². The quantitative estimate of drug-likeness (QED) is 0.640. The molecule has 0 radical (unpaired) electrons. The van der Waals surface area contributed by atoms with Crippen molar-refractivity contribution < 1.29 is 12.8 Å². The molecule has 0 amide bonds. The maximum atomic E-state index is 13.7. The van der Waals surface area contributed by atoms with E-state index in [-0.39, 0.29) is 10.7 Å². The van der Waals surface area contributed by atoms with E-state index in [1.165, 1.54) is 12.1 Å². The van der Waals surface area contributed by atoms with Gasteiger partial charge in [0.2, 0.25) is 10.0 Å². The summed E-state index contributed by atoms with van der Waals surface area (Å²) in [6.07, 6.45) is 2.54. The van der Waals surface area contributed by atoms with E-state index in [9.17, 15) is 12.8 Å². The SMILES string of the molecule is CC(C)=CC1c2[nH]c3cc(F)ccc3c2CCN1S(=O)(=O)c1ccc(C)cc1. The van der Waals surface area contributed by atoms with Crippen molar-refractivity contribution in [2.75, 3.05) is 6.54 Å². The molecular weight excluding hydrogens is 375 g/mol. The number of benzene rings is 2. The first-order valence-corrected chi connectivity index (χ1v) is 10.7. The molecule has 0 bridgehead atoms. The van der Waals surface area contributed by atoms with E-state index < -0.39 is 16.1 Å². The number of fused-ring (bicyclic) bond motifs is 3. The number of nitrogens with one attached hydrogen (secondary N) is 1. The number of hydrogen-bond donors (Lipinski definition) is 1. The summed E-state index contributed by atoms with van der Waals surface area (Å²) in [7, 11) is -3.67. The van der Waals surface area contributed by atoms with Crippen LogP contribution in [0.2, 0.25) is 0 Å². The molecule has 1 aromatic heterocycles. The normalized spacial score (nSPS) is 17.5. The summed E-state index contributed by atoms with van der Waals surface area (Å²) in [5.74, 6) is -0.311. The van der Waals surface area contributed by atoms with Gasteiger partial charge in [-0.3, -0.25) is 0 Å². The van der Waals surface area contributed by atoms with Crippen molar-refractivity contribution in [2.24, 2.45) is 0 Å². The predicted molar refractivity (Wildman–Crippen MR) is 109 cm³/mol. The smallest absolute Gasteiger partial charge is 0.243 e. The molecule has 2 aromatic carbocycles. The summed E-state index contributed by atoms with van der Waals surface area (Å²) in [6, 6.07) is 11.2. The van der Waals surface area contributed by atoms with Crippen LogP contribution in [0.1, 0.15) is 36.7 Å².